The van der Waals surface area contributed by atoms with Gasteiger partial charge in [-0.05, 0) is 19.3 Å². The van der Waals surface area contributed by atoms with Gasteiger partial charge in [-0.25, -0.2) is 8.78 Å². The Labute approximate surface area is 47.9 Å². The fourth-order valence-electron chi connectivity index (χ4n) is 0.960. The zero-order valence-electron chi connectivity index (χ0n) is 4.66. The van der Waals surface area contributed by atoms with Gasteiger partial charge in [-0.1, -0.05) is 0 Å². The second-order valence-electron chi connectivity index (χ2n) is 2.21. The van der Waals surface area contributed by atoms with Gasteiger partial charge in [0, 0.05) is 6.42 Å². The van der Waals surface area contributed by atoms with Crippen molar-refractivity contribution in [3.8, 4) is 0 Å². The maximum absolute atomic E-state index is 12.2. The van der Waals surface area contributed by atoms with Crippen molar-refractivity contribution in [2.45, 2.75) is 31.9 Å². The first-order valence-electron chi connectivity index (χ1n) is 2.93. The molecule has 2 heteroatoms. The second-order valence-corrected chi connectivity index (χ2v) is 2.21. The van der Waals surface area contributed by atoms with E-state index in [0.29, 0.717) is 19.3 Å². The number of hydrogen-bond donors (Lipinski definition) is 0. The Balaban J connectivity index is 2.23. The molecule has 0 N–H and O–H groups in total. The molecular weight excluding hydrogens is 110 g/mol. The first-order valence-corrected chi connectivity index (χ1v) is 2.93. The summed E-state index contributed by atoms with van der Waals surface area (Å²) in [5.41, 5.74) is 0. The highest BCUT2D eigenvalue weighted by atomic mass is 19.1. The topological polar surface area (TPSA) is 0 Å². The SMILES string of the molecule is F[C]1CCCC(F)C1. The van der Waals surface area contributed by atoms with E-state index < -0.39 is 6.17 Å². The van der Waals surface area contributed by atoms with Crippen molar-refractivity contribution in [3.63, 3.8) is 0 Å². The molecular formula is C6H9F2. The molecule has 0 spiro atoms. The summed E-state index contributed by atoms with van der Waals surface area (Å²) in [6.07, 6.45) is 0.716. The van der Waals surface area contributed by atoms with Gasteiger partial charge in [0.2, 0.25) is 0 Å². The molecule has 1 radical (unpaired) electrons. The van der Waals surface area contributed by atoms with Gasteiger partial charge in [0.05, 0.1) is 0 Å². The monoisotopic (exact) mass is 119 g/mol. The van der Waals surface area contributed by atoms with Crippen LogP contribution in [0, 0.1) is 6.17 Å². The second kappa shape index (κ2) is 2.42. The molecule has 0 aromatic rings. The Morgan fingerprint density at radius 1 is 1.50 bits per heavy atom. The quantitative estimate of drug-likeness (QED) is 0.459. The standard InChI is InChI=1S/C6H9F2/c7-5-2-1-3-6(8)4-5/h5H,1-4H2. The molecule has 0 aliphatic heterocycles. The molecule has 0 bridgehead atoms. The smallest absolute Gasteiger partial charge is 0.147 e. The molecule has 1 aliphatic rings. The summed E-state index contributed by atoms with van der Waals surface area (Å²) in [5, 5.41) is 0. The predicted molar refractivity (Wildman–Crippen MR) is 27.7 cm³/mol. The van der Waals surface area contributed by atoms with Gasteiger partial charge in [-0.3, -0.25) is 0 Å². The summed E-state index contributed by atoms with van der Waals surface area (Å²) in [6, 6.07) is 0. The first kappa shape index (κ1) is 5.99. The van der Waals surface area contributed by atoms with Crippen molar-refractivity contribution in [3.05, 3.63) is 6.17 Å². The molecule has 1 atom stereocenters. The third kappa shape index (κ3) is 1.42. The summed E-state index contributed by atoms with van der Waals surface area (Å²) >= 11 is 0. The van der Waals surface area contributed by atoms with Gasteiger partial charge in [0.25, 0.3) is 0 Å². The average Bonchev–Trinajstić information content (AvgIpc) is 1.64. The molecule has 0 amide bonds. The van der Waals surface area contributed by atoms with Crippen molar-refractivity contribution in [2.75, 3.05) is 0 Å². The lowest BCUT2D eigenvalue weighted by Gasteiger charge is -2.16. The van der Waals surface area contributed by atoms with Crippen LogP contribution in [0.1, 0.15) is 25.7 Å². The Bertz CT molecular complexity index is 64.9. The van der Waals surface area contributed by atoms with E-state index >= 15 is 0 Å². The summed E-state index contributed by atoms with van der Waals surface area (Å²) < 4.78 is 24.3. The van der Waals surface area contributed by atoms with E-state index in [9.17, 15) is 8.78 Å². The fraction of sp³-hybridized carbons (Fsp3) is 0.833. The van der Waals surface area contributed by atoms with Crippen molar-refractivity contribution in [2.24, 2.45) is 0 Å². The molecule has 0 nitrogen and oxygen atoms in total. The molecule has 47 valence electrons. The largest absolute Gasteiger partial charge is 0.247 e. The van der Waals surface area contributed by atoms with Crippen LogP contribution in [0.25, 0.3) is 0 Å². The molecule has 0 saturated heterocycles. The molecule has 1 unspecified atom stereocenters. The van der Waals surface area contributed by atoms with Crippen LogP contribution >= 0.6 is 0 Å². The molecule has 0 aromatic heterocycles. The minimum absolute atomic E-state index is 0.0556. The van der Waals surface area contributed by atoms with Gasteiger partial charge >= 0.3 is 0 Å². The fourth-order valence-corrected chi connectivity index (χ4v) is 0.960. The molecule has 1 rings (SSSR count). The average molecular weight is 119 g/mol. The van der Waals surface area contributed by atoms with E-state index in [1.54, 1.807) is 0 Å². The van der Waals surface area contributed by atoms with Gasteiger partial charge in [-0.2, -0.15) is 0 Å². The zero-order chi connectivity index (χ0) is 5.98. The lowest BCUT2D eigenvalue weighted by Crippen LogP contribution is -2.10. The van der Waals surface area contributed by atoms with Crippen LogP contribution in [-0.4, -0.2) is 6.17 Å². The highest BCUT2D eigenvalue weighted by Crippen LogP contribution is 2.28. The predicted octanol–water partition coefficient (Wildman–Crippen LogP) is 2.40. The number of rotatable bonds is 0. The molecule has 0 heterocycles. The molecule has 1 saturated carbocycles. The minimum atomic E-state index is -0.899. The van der Waals surface area contributed by atoms with Crippen LogP contribution in [0.5, 0.6) is 0 Å². The van der Waals surface area contributed by atoms with Gasteiger partial charge in [0.15, 0.2) is 0 Å². The van der Waals surface area contributed by atoms with Gasteiger partial charge in [0.1, 0.15) is 12.3 Å². The van der Waals surface area contributed by atoms with E-state index in [-0.39, 0.29) is 12.6 Å². The van der Waals surface area contributed by atoms with Gasteiger partial charge in [-0.15, -0.1) is 0 Å². The van der Waals surface area contributed by atoms with E-state index in [4.69, 9.17) is 0 Å². The minimum Gasteiger partial charge on any atom is -0.247 e. The Morgan fingerprint density at radius 3 is 2.62 bits per heavy atom. The highest BCUT2D eigenvalue weighted by Gasteiger charge is 2.21. The summed E-state index contributed by atoms with van der Waals surface area (Å²) in [6.45, 7) is 0. The van der Waals surface area contributed by atoms with Gasteiger partial charge < -0.3 is 0 Å². The van der Waals surface area contributed by atoms with Crippen molar-refractivity contribution in [1.29, 1.82) is 0 Å². The van der Waals surface area contributed by atoms with Crippen LogP contribution in [-0.2, 0) is 0 Å². The number of alkyl halides is 1. The Morgan fingerprint density at radius 2 is 2.25 bits per heavy atom. The molecule has 1 aliphatic carbocycles. The Kier molecular flexibility index (Phi) is 1.81. The molecule has 8 heavy (non-hydrogen) atoms. The van der Waals surface area contributed by atoms with Crippen LogP contribution < -0.4 is 0 Å². The van der Waals surface area contributed by atoms with E-state index in [0.717, 1.165) is 0 Å². The number of hydrogen-bond acceptors (Lipinski definition) is 0. The lowest BCUT2D eigenvalue weighted by molar-refractivity contribution is 0.221. The normalized spacial score (nSPS) is 33.0. The van der Waals surface area contributed by atoms with Crippen molar-refractivity contribution in [1.82, 2.24) is 0 Å². The maximum Gasteiger partial charge on any atom is 0.147 e. The lowest BCUT2D eigenvalue weighted by atomic mass is 9.97. The summed E-state index contributed by atoms with van der Waals surface area (Å²) in [4.78, 5) is 0. The zero-order valence-corrected chi connectivity index (χ0v) is 4.66. The third-order valence-electron chi connectivity index (χ3n) is 1.41. The summed E-state index contributed by atoms with van der Waals surface area (Å²) in [7, 11) is 0. The Hall–Kier alpha value is -0.140. The number of halogens is 2. The van der Waals surface area contributed by atoms with Crippen LogP contribution in [0.4, 0.5) is 8.78 Å². The third-order valence-corrected chi connectivity index (χ3v) is 1.41. The van der Waals surface area contributed by atoms with E-state index in [1.165, 1.54) is 0 Å². The summed E-state index contributed by atoms with van der Waals surface area (Å²) in [5.74, 6) is 0. The van der Waals surface area contributed by atoms with E-state index in [2.05, 4.69) is 0 Å². The maximum atomic E-state index is 12.2. The van der Waals surface area contributed by atoms with E-state index in [1.807, 2.05) is 0 Å². The molecule has 0 aromatic carbocycles. The van der Waals surface area contributed by atoms with Crippen molar-refractivity contribution >= 4 is 0 Å². The molecule has 1 fully saturated rings. The van der Waals surface area contributed by atoms with Crippen LogP contribution in [0.2, 0.25) is 0 Å². The van der Waals surface area contributed by atoms with Crippen molar-refractivity contribution < 1.29 is 8.78 Å². The first-order chi connectivity index (χ1) is 3.79. The highest BCUT2D eigenvalue weighted by molar-refractivity contribution is 4.84. The van der Waals surface area contributed by atoms with Crippen LogP contribution in [0.3, 0.4) is 0 Å². The van der Waals surface area contributed by atoms with Crippen LogP contribution in [0.15, 0.2) is 0 Å².